The molecule has 0 aliphatic rings. The monoisotopic (exact) mass is 403 g/mol. The second kappa shape index (κ2) is 7.92. The Morgan fingerprint density at radius 3 is 2.19 bits per heavy atom. The third-order valence-electron chi connectivity index (χ3n) is 5.38. The fraction of sp³-hybridized carbons (Fsp3) is 0.0370. The molecule has 5 rings (SSSR count). The van der Waals surface area contributed by atoms with E-state index in [9.17, 15) is 4.79 Å². The molecule has 0 aliphatic heterocycles. The van der Waals surface area contributed by atoms with Crippen molar-refractivity contribution in [2.45, 2.75) is 6.92 Å². The highest BCUT2D eigenvalue weighted by molar-refractivity contribution is 6.06. The van der Waals surface area contributed by atoms with Gasteiger partial charge in [-0.25, -0.2) is 4.68 Å². The van der Waals surface area contributed by atoms with Gasteiger partial charge in [0.2, 0.25) is 0 Å². The first-order valence-electron chi connectivity index (χ1n) is 10.2. The lowest BCUT2D eigenvalue weighted by Gasteiger charge is -2.05. The van der Waals surface area contributed by atoms with Gasteiger partial charge < -0.3 is 0 Å². The Balaban J connectivity index is 1.73. The van der Waals surface area contributed by atoms with E-state index in [1.807, 2.05) is 91.9 Å². The summed E-state index contributed by atoms with van der Waals surface area (Å²) < 4.78 is 1.58. The van der Waals surface area contributed by atoms with E-state index >= 15 is 0 Å². The van der Waals surface area contributed by atoms with Crippen LogP contribution in [0.15, 0.2) is 113 Å². The van der Waals surface area contributed by atoms with Crippen LogP contribution in [0.3, 0.4) is 0 Å². The third-order valence-corrected chi connectivity index (χ3v) is 5.38. The number of aromatic nitrogens is 2. The van der Waals surface area contributed by atoms with Crippen LogP contribution in [-0.4, -0.2) is 15.5 Å². The molecule has 31 heavy (non-hydrogen) atoms. The first kappa shape index (κ1) is 18.8. The summed E-state index contributed by atoms with van der Waals surface area (Å²) >= 11 is 0. The van der Waals surface area contributed by atoms with E-state index in [0.29, 0.717) is 11.3 Å². The molecule has 5 aromatic rings. The molecule has 150 valence electrons. The molecule has 4 aromatic carbocycles. The summed E-state index contributed by atoms with van der Waals surface area (Å²) in [6.07, 6.45) is 0. The third kappa shape index (κ3) is 3.49. The largest absolute Gasteiger partial charge is 0.290 e. The minimum Gasteiger partial charge on any atom is -0.290 e. The number of nitrogens with one attached hydrogen (secondary N) is 1. The van der Waals surface area contributed by atoms with E-state index < -0.39 is 0 Å². The highest BCUT2D eigenvalue weighted by Gasteiger charge is 2.19. The molecule has 4 nitrogen and oxygen atoms in total. The predicted molar refractivity (Wildman–Crippen MR) is 128 cm³/mol. The van der Waals surface area contributed by atoms with Crippen LogP contribution in [0.4, 0.5) is 5.69 Å². The Morgan fingerprint density at radius 2 is 1.42 bits per heavy atom. The van der Waals surface area contributed by atoms with Crippen LogP contribution >= 0.6 is 0 Å². The second-order valence-corrected chi connectivity index (χ2v) is 7.40. The Bertz CT molecular complexity index is 1440. The lowest BCUT2D eigenvalue weighted by Crippen LogP contribution is -2.19. The van der Waals surface area contributed by atoms with Crippen molar-refractivity contribution in [1.29, 1.82) is 0 Å². The maximum absolute atomic E-state index is 13.5. The predicted octanol–water partition coefficient (Wildman–Crippen LogP) is 6.13. The topological polar surface area (TPSA) is 50.1 Å². The van der Waals surface area contributed by atoms with Gasteiger partial charge in [0.05, 0.1) is 28.3 Å². The van der Waals surface area contributed by atoms with Crippen LogP contribution in [0.25, 0.3) is 27.7 Å². The van der Waals surface area contributed by atoms with Crippen molar-refractivity contribution in [2.75, 3.05) is 0 Å². The first-order chi connectivity index (χ1) is 15.2. The number of hydrogen-bond donors (Lipinski definition) is 1. The van der Waals surface area contributed by atoms with Crippen molar-refractivity contribution in [2.24, 2.45) is 4.99 Å². The van der Waals surface area contributed by atoms with Crippen LogP contribution in [-0.2, 0) is 0 Å². The number of rotatable bonds is 4. The molecular formula is C27H21N3O. The molecule has 0 saturated heterocycles. The Hall–Kier alpha value is -4.18. The summed E-state index contributed by atoms with van der Waals surface area (Å²) in [5.41, 5.74) is 4.46. The van der Waals surface area contributed by atoms with E-state index in [0.717, 1.165) is 33.4 Å². The number of aromatic amines is 1. The Kier molecular flexibility index (Phi) is 4.81. The minimum absolute atomic E-state index is 0.119. The van der Waals surface area contributed by atoms with Gasteiger partial charge in [-0.1, -0.05) is 84.9 Å². The standard InChI is InChI=1S/C27H21N3O/c1-19(28-24-18-10-14-20-11-8-9-17-23(20)24)25-26(21-12-4-2-5-13-21)29-30(27(25)31)22-15-6-3-7-16-22/h2-18,29H,1H3. The second-order valence-electron chi connectivity index (χ2n) is 7.40. The van der Waals surface area contributed by atoms with E-state index in [4.69, 9.17) is 4.99 Å². The van der Waals surface area contributed by atoms with Crippen LogP contribution in [0.5, 0.6) is 0 Å². The minimum atomic E-state index is -0.119. The van der Waals surface area contributed by atoms with Gasteiger partial charge in [0.15, 0.2) is 0 Å². The van der Waals surface area contributed by atoms with Gasteiger partial charge in [-0.15, -0.1) is 0 Å². The lowest BCUT2D eigenvalue weighted by molar-refractivity contribution is 0.852. The average Bonchev–Trinajstić information content (AvgIpc) is 3.17. The smallest absolute Gasteiger partial charge is 0.280 e. The van der Waals surface area contributed by atoms with Crippen molar-refractivity contribution < 1.29 is 0 Å². The molecule has 0 amide bonds. The number of fused-ring (bicyclic) bond motifs is 1. The highest BCUT2D eigenvalue weighted by atomic mass is 16.1. The molecule has 0 saturated carbocycles. The van der Waals surface area contributed by atoms with Gasteiger partial charge >= 0.3 is 0 Å². The summed E-state index contributed by atoms with van der Waals surface area (Å²) in [7, 11) is 0. The van der Waals surface area contributed by atoms with Crippen molar-refractivity contribution >= 4 is 22.2 Å². The zero-order valence-corrected chi connectivity index (χ0v) is 17.1. The van der Waals surface area contributed by atoms with Gasteiger partial charge in [0, 0.05) is 10.9 Å². The summed E-state index contributed by atoms with van der Waals surface area (Å²) in [5, 5.41) is 5.49. The number of hydrogen-bond acceptors (Lipinski definition) is 2. The number of nitrogens with zero attached hydrogens (tertiary/aromatic N) is 2. The quantitative estimate of drug-likeness (QED) is 0.361. The highest BCUT2D eigenvalue weighted by Crippen LogP contribution is 2.28. The van der Waals surface area contributed by atoms with Gasteiger partial charge in [0.1, 0.15) is 0 Å². The zero-order valence-electron chi connectivity index (χ0n) is 17.1. The summed E-state index contributed by atoms with van der Waals surface area (Å²) in [6.45, 7) is 1.90. The van der Waals surface area contributed by atoms with Gasteiger partial charge in [-0.3, -0.25) is 14.9 Å². The van der Waals surface area contributed by atoms with Crippen molar-refractivity contribution in [3.05, 3.63) is 119 Å². The normalized spacial score (nSPS) is 11.7. The van der Waals surface area contributed by atoms with Crippen molar-refractivity contribution in [1.82, 2.24) is 9.78 Å². The van der Waals surface area contributed by atoms with E-state index in [2.05, 4.69) is 23.3 Å². The summed E-state index contributed by atoms with van der Waals surface area (Å²) in [4.78, 5) is 18.4. The lowest BCUT2D eigenvalue weighted by atomic mass is 10.0. The average molecular weight is 403 g/mol. The summed E-state index contributed by atoms with van der Waals surface area (Å²) in [6, 6.07) is 33.7. The maximum atomic E-state index is 13.5. The van der Waals surface area contributed by atoms with E-state index in [-0.39, 0.29) is 5.56 Å². The Labute approximate surface area is 180 Å². The van der Waals surface area contributed by atoms with Gasteiger partial charge in [-0.2, -0.15) is 0 Å². The van der Waals surface area contributed by atoms with Crippen LogP contribution in [0.2, 0.25) is 0 Å². The molecule has 0 spiro atoms. The molecule has 0 radical (unpaired) electrons. The van der Waals surface area contributed by atoms with Crippen molar-refractivity contribution in [3.8, 4) is 16.9 Å². The fourth-order valence-electron chi connectivity index (χ4n) is 3.89. The molecule has 1 heterocycles. The molecule has 0 unspecified atom stereocenters. The fourth-order valence-corrected chi connectivity index (χ4v) is 3.89. The summed E-state index contributed by atoms with van der Waals surface area (Å²) in [5.74, 6) is 0. The van der Waals surface area contributed by atoms with E-state index in [1.165, 1.54) is 0 Å². The molecule has 0 fully saturated rings. The van der Waals surface area contributed by atoms with Crippen LogP contribution in [0.1, 0.15) is 12.5 Å². The first-order valence-corrected chi connectivity index (χ1v) is 10.2. The molecular weight excluding hydrogens is 382 g/mol. The number of aliphatic imine (C=N–C) groups is 1. The zero-order chi connectivity index (χ0) is 21.2. The number of H-pyrrole nitrogens is 1. The van der Waals surface area contributed by atoms with Crippen LogP contribution in [0, 0.1) is 0 Å². The Morgan fingerprint density at radius 1 is 0.774 bits per heavy atom. The maximum Gasteiger partial charge on any atom is 0.280 e. The van der Waals surface area contributed by atoms with Gasteiger partial charge in [-0.05, 0) is 30.5 Å². The van der Waals surface area contributed by atoms with Crippen LogP contribution < -0.4 is 5.56 Å². The van der Waals surface area contributed by atoms with Gasteiger partial charge in [0.25, 0.3) is 5.56 Å². The molecule has 1 aromatic heterocycles. The molecule has 0 aliphatic carbocycles. The molecule has 0 bridgehead atoms. The molecule has 0 atom stereocenters. The number of benzene rings is 4. The SMILES string of the molecule is CC(=Nc1cccc2ccccc12)c1c(-c2ccccc2)[nH]n(-c2ccccc2)c1=O. The molecule has 1 N–H and O–H groups in total. The molecule has 4 heteroatoms. The number of para-hydroxylation sites is 1. The van der Waals surface area contributed by atoms with Crippen molar-refractivity contribution in [3.63, 3.8) is 0 Å². The van der Waals surface area contributed by atoms with E-state index in [1.54, 1.807) is 4.68 Å².